The summed E-state index contributed by atoms with van der Waals surface area (Å²) in [7, 11) is 0. The van der Waals surface area contributed by atoms with Crippen molar-refractivity contribution in [2.45, 2.75) is 19.3 Å². The van der Waals surface area contributed by atoms with Gasteiger partial charge in [0, 0.05) is 48.3 Å². The van der Waals surface area contributed by atoms with E-state index in [1.807, 2.05) is 48.5 Å². The van der Waals surface area contributed by atoms with E-state index in [0.717, 1.165) is 37.2 Å². The number of aryl methyl sites for hydroxylation is 1. The Kier molecular flexibility index (Phi) is 7.78. The largest absolute Gasteiger partial charge is 0.368 e. The van der Waals surface area contributed by atoms with Crippen LogP contribution in [0, 0.1) is 0 Å². The molecule has 0 aliphatic carbocycles. The van der Waals surface area contributed by atoms with Crippen LogP contribution in [0.25, 0.3) is 0 Å². The Morgan fingerprint density at radius 3 is 2.34 bits per heavy atom. The van der Waals surface area contributed by atoms with E-state index in [4.69, 9.17) is 23.2 Å². The second-order valence-corrected chi connectivity index (χ2v) is 7.98. The molecule has 1 fully saturated rings. The lowest BCUT2D eigenvalue weighted by Gasteiger charge is -2.36. The van der Waals surface area contributed by atoms with E-state index in [0.29, 0.717) is 29.6 Å². The Hall–Kier alpha value is -2.24. The van der Waals surface area contributed by atoms with Crippen LogP contribution >= 0.6 is 23.2 Å². The van der Waals surface area contributed by atoms with Crippen molar-refractivity contribution in [3.05, 3.63) is 64.1 Å². The second kappa shape index (κ2) is 10.5. The fraction of sp³-hybridized carbons (Fsp3) is 0.364. The van der Waals surface area contributed by atoms with E-state index >= 15 is 0 Å². The second-order valence-electron chi connectivity index (χ2n) is 7.10. The molecule has 29 heavy (non-hydrogen) atoms. The van der Waals surface area contributed by atoms with Crippen molar-refractivity contribution in [1.29, 1.82) is 0 Å². The van der Waals surface area contributed by atoms with Crippen molar-refractivity contribution in [2.24, 2.45) is 0 Å². The van der Waals surface area contributed by atoms with Gasteiger partial charge >= 0.3 is 0 Å². The molecule has 0 unspecified atom stereocenters. The lowest BCUT2D eigenvalue weighted by atomic mass is 10.1. The lowest BCUT2D eigenvalue weighted by molar-refractivity contribution is -0.133. The topological polar surface area (TPSA) is 52.7 Å². The number of halogens is 2. The minimum atomic E-state index is -0.0927. The molecule has 0 atom stereocenters. The predicted molar refractivity (Wildman–Crippen MR) is 118 cm³/mol. The number of hydrogen-bond acceptors (Lipinski definition) is 3. The minimum Gasteiger partial charge on any atom is -0.368 e. The molecule has 1 N–H and O–H groups in total. The molecule has 2 aromatic rings. The standard InChI is InChI=1S/C22H25Cl2N3O2/c23-18-9-7-17(8-10-18)3-1-6-21(28)25-16-22(29)27-13-11-26(12-14-27)20-5-2-4-19(24)15-20/h2,4-5,7-10,15H,1,3,6,11-14,16H2,(H,25,28). The first-order chi connectivity index (χ1) is 14.0. The summed E-state index contributed by atoms with van der Waals surface area (Å²) in [5.41, 5.74) is 2.22. The van der Waals surface area contributed by atoms with Crippen molar-refractivity contribution in [1.82, 2.24) is 10.2 Å². The number of rotatable bonds is 7. The average Bonchev–Trinajstić information content (AvgIpc) is 2.73. The number of piperazine rings is 1. The first-order valence-electron chi connectivity index (χ1n) is 9.81. The highest BCUT2D eigenvalue weighted by Gasteiger charge is 2.21. The Bertz CT molecular complexity index is 834. The van der Waals surface area contributed by atoms with Crippen LogP contribution in [0.2, 0.25) is 10.0 Å². The third-order valence-electron chi connectivity index (χ3n) is 5.03. The molecule has 154 valence electrons. The molecule has 1 aliphatic heterocycles. The molecule has 0 radical (unpaired) electrons. The summed E-state index contributed by atoms with van der Waals surface area (Å²) in [5.74, 6) is -0.133. The number of nitrogens with one attached hydrogen (secondary N) is 1. The molecule has 7 heteroatoms. The van der Waals surface area contributed by atoms with Crippen molar-refractivity contribution in [2.75, 3.05) is 37.6 Å². The van der Waals surface area contributed by atoms with Gasteiger partial charge in [0.1, 0.15) is 0 Å². The van der Waals surface area contributed by atoms with Crippen LogP contribution in [0.5, 0.6) is 0 Å². The van der Waals surface area contributed by atoms with Gasteiger partial charge < -0.3 is 15.1 Å². The first-order valence-corrected chi connectivity index (χ1v) is 10.6. The molecule has 2 aromatic carbocycles. The summed E-state index contributed by atoms with van der Waals surface area (Å²) in [5, 5.41) is 4.16. The van der Waals surface area contributed by atoms with Gasteiger partial charge in [0.05, 0.1) is 6.54 Å². The molecular weight excluding hydrogens is 409 g/mol. The smallest absolute Gasteiger partial charge is 0.242 e. The normalized spacial score (nSPS) is 14.0. The zero-order chi connectivity index (χ0) is 20.6. The van der Waals surface area contributed by atoms with Crippen molar-refractivity contribution in [3.63, 3.8) is 0 Å². The van der Waals surface area contributed by atoms with Crippen LogP contribution in [-0.4, -0.2) is 49.4 Å². The van der Waals surface area contributed by atoms with Gasteiger partial charge in [-0.1, -0.05) is 41.4 Å². The minimum absolute atomic E-state index is 0.0400. The molecule has 5 nitrogen and oxygen atoms in total. The fourth-order valence-electron chi connectivity index (χ4n) is 3.37. The van der Waals surface area contributed by atoms with Crippen LogP contribution < -0.4 is 10.2 Å². The van der Waals surface area contributed by atoms with E-state index in [-0.39, 0.29) is 18.4 Å². The van der Waals surface area contributed by atoms with Gasteiger partial charge in [-0.05, 0) is 48.7 Å². The Labute approximate surface area is 181 Å². The van der Waals surface area contributed by atoms with E-state index in [1.54, 1.807) is 4.90 Å². The molecule has 0 aromatic heterocycles. The van der Waals surface area contributed by atoms with E-state index in [2.05, 4.69) is 10.2 Å². The van der Waals surface area contributed by atoms with Crippen LogP contribution in [0.15, 0.2) is 48.5 Å². The summed E-state index contributed by atoms with van der Waals surface area (Å²) >= 11 is 11.9. The molecule has 1 heterocycles. The highest BCUT2D eigenvalue weighted by Crippen LogP contribution is 2.20. The van der Waals surface area contributed by atoms with Gasteiger partial charge in [0.15, 0.2) is 0 Å². The molecule has 1 aliphatic rings. The molecule has 0 spiro atoms. The van der Waals surface area contributed by atoms with E-state index in [1.165, 1.54) is 0 Å². The maximum absolute atomic E-state index is 12.4. The van der Waals surface area contributed by atoms with Gasteiger partial charge in [-0.25, -0.2) is 0 Å². The van der Waals surface area contributed by atoms with Crippen LogP contribution in [0.1, 0.15) is 18.4 Å². The van der Waals surface area contributed by atoms with Crippen LogP contribution in [-0.2, 0) is 16.0 Å². The van der Waals surface area contributed by atoms with E-state index in [9.17, 15) is 9.59 Å². The average molecular weight is 434 g/mol. The number of benzene rings is 2. The maximum Gasteiger partial charge on any atom is 0.242 e. The fourth-order valence-corrected chi connectivity index (χ4v) is 3.68. The Morgan fingerprint density at radius 2 is 1.66 bits per heavy atom. The predicted octanol–water partition coefficient (Wildman–Crippen LogP) is 3.78. The summed E-state index contributed by atoms with van der Waals surface area (Å²) in [6.45, 7) is 2.83. The number of nitrogens with zero attached hydrogens (tertiary/aromatic N) is 2. The summed E-state index contributed by atoms with van der Waals surface area (Å²) < 4.78 is 0. The molecule has 0 saturated carbocycles. The van der Waals surface area contributed by atoms with Crippen LogP contribution in [0.4, 0.5) is 5.69 Å². The van der Waals surface area contributed by atoms with Crippen LogP contribution in [0.3, 0.4) is 0 Å². The zero-order valence-electron chi connectivity index (χ0n) is 16.2. The molecule has 1 saturated heterocycles. The molecule has 3 rings (SSSR count). The van der Waals surface area contributed by atoms with Gasteiger partial charge in [-0.15, -0.1) is 0 Å². The highest BCUT2D eigenvalue weighted by molar-refractivity contribution is 6.31. The monoisotopic (exact) mass is 433 g/mol. The third kappa shape index (κ3) is 6.65. The number of amides is 2. The highest BCUT2D eigenvalue weighted by atomic mass is 35.5. The van der Waals surface area contributed by atoms with Gasteiger partial charge in [-0.3, -0.25) is 9.59 Å². The molecule has 0 bridgehead atoms. The Morgan fingerprint density at radius 1 is 0.931 bits per heavy atom. The quantitative estimate of drug-likeness (QED) is 0.722. The number of hydrogen-bond donors (Lipinski definition) is 1. The van der Waals surface area contributed by atoms with E-state index < -0.39 is 0 Å². The van der Waals surface area contributed by atoms with Gasteiger partial charge in [0.25, 0.3) is 0 Å². The van der Waals surface area contributed by atoms with Gasteiger partial charge in [0.2, 0.25) is 11.8 Å². The number of anilines is 1. The zero-order valence-corrected chi connectivity index (χ0v) is 17.8. The maximum atomic E-state index is 12.4. The summed E-state index contributed by atoms with van der Waals surface area (Å²) in [4.78, 5) is 28.4. The lowest BCUT2D eigenvalue weighted by Crippen LogP contribution is -2.51. The SMILES string of the molecule is O=C(CCCc1ccc(Cl)cc1)NCC(=O)N1CCN(c2cccc(Cl)c2)CC1. The van der Waals surface area contributed by atoms with Crippen molar-refractivity contribution < 1.29 is 9.59 Å². The third-order valence-corrected chi connectivity index (χ3v) is 5.51. The first kappa shape index (κ1) is 21.5. The van der Waals surface area contributed by atoms with Gasteiger partial charge in [-0.2, -0.15) is 0 Å². The molecular formula is C22H25Cl2N3O2. The Balaban J connectivity index is 1.34. The summed E-state index contributed by atoms with van der Waals surface area (Å²) in [6, 6.07) is 15.4. The number of carbonyl (C=O) groups excluding carboxylic acids is 2. The van der Waals surface area contributed by atoms with Crippen molar-refractivity contribution >= 4 is 40.7 Å². The number of carbonyl (C=O) groups is 2. The summed E-state index contributed by atoms with van der Waals surface area (Å²) in [6.07, 6.45) is 1.95. The van der Waals surface area contributed by atoms with Crippen molar-refractivity contribution in [3.8, 4) is 0 Å². The molecule has 2 amide bonds.